The van der Waals surface area contributed by atoms with Crippen molar-refractivity contribution in [3.05, 3.63) is 46.6 Å². The van der Waals surface area contributed by atoms with E-state index in [4.69, 9.17) is 5.11 Å². The van der Waals surface area contributed by atoms with Crippen LogP contribution in [-0.4, -0.2) is 80.6 Å². The predicted molar refractivity (Wildman–Crippen MR) is 164 cm³/mol. The highest BCUT2D eigenvalue weighted by Gasteiger charge is 2.33. The van der Waals surface area contributed by atoms with E-state index < -0.39 is 29.3 Å². The molecule has 3 aromatic rings. The van der Waals surface area contributed by atoms with E-state index in [-0.39, 0.29) is 54.0 Å². The lowest BCUT2D eigenvalue weighted by Gasteiger charge is -2.41. The first-order valence-corrected chi connectivity index (χ1v) is 15.3. The number of hydrogen-bond acceptors (Lipinski definition) is 9. The number of alkyl halides is 3. The van der Waals surface area contributed by atoms with Crippen molar-refractivity contribution in [2.24, 2.45) is 0 Å². The second-order valence-electron chi connectivity index (χ2n) is 11.2. The van der Waals surface area contributed by atoms with Crippen molar-refractivity contribution in [1.29, 1.82) is 0 Å². The average Bonchev–Trinajstić information content (AvgIpc) is 3.57. The Labute approximate surface area is 263 Å². The summed E-state index contributed by atoms with van der Waals surface area (Å²) in [7, 11) is 0. The number of nitrogens with zero attached hydrogens (tertiary/aromatic N) is 6. The number of carboxylic acid groups (broad SMARTS) is 1. The Balaban J connectivity index is 0.00000461. The number of halogens is 5. The highest BCUT2D eigenvalue weighted by Crippen LogP contribution is 2.39. The summed E-state index contributed by atoms with van der Waals surface area (Å²) < 4.78 is 70.9. The summed E-state index contributed by atoms with van der Waals surface area (Å²) in [5.41, 5.74) is -0.936. The lowest BCUT2D eigenvalue weighted by molar-refractivity contribution is -0.138. The highest BCUT2D eigenvalue weighted by atomic mass is 32.1. The largest absolute Gasteiger partial charge is 0.481 e. The van der Waals surface area contributed by atoms with Gasteiger partial charge in [-0.1, -0.05) is 25.7 Å². The van der Waals surface area contributed by atoms with E-state index in [0.717, 1.165) is 42.9 Å². The maximum Gasteiger partial charge on any atom is 0.416 e. The Morgan fingerprint density at radius 1 is 1.16 bits per heavy atom. The predicted octanol–water partition coefficient (Wildman–Crippen LogP) is 6.64. The molecule has 0 unspecified atom stereocenters. The van der Waals surface area contributed by atoms with E-state index in [1.165, 1.54) is 6.33 Å². The Kier molecular flexibility index (Phi) is 11.0. The van der Waals surface area contributed by atoms with E-state index in [9.17, 15) is 22.4 Å². The number of aliphatic carboxylic acids is 1. The minimum absolute atomic E-state index is 0. The third-order valence-electron chi connectivity index (χ3n) is 8.18. The zero-order valence-corrected chi connectivity index (χ0v) is 25.2. The van der Waals surface area contributed by atoms with Crippen LogP contribution in [0, 0.1) is 11.6 Å². The lowest BCUT2D eigenvalue weighted by Crippen LogP contribution is -2.54. The number of benzene rings is 1. The molecule has 0 spiro atoms. The molecule has 4 heterocycles. The third-order valence-corrected chi connectivity index (χ3v) is 9.14. The molecule has 0 aliphatic carbocycles. The zero-order chi connectivity index (χ0) is 31.6. The minimum atomic E-state index is -4.74. The number of likely N-dealkylation sites (tertiary alicyclic amines) is 1. The van der Waals surface area contributed by atoms with Crippen LogP contribution in [0.5, 0.6) is 0 Å². The van der Waals surface area contributed by atoms with Crippen molar-refractivity contribution in [3.8, 4) is 11.3 Å². The molecule has 1 aromatic carbocycles. The van der Waals surface area contributed by atoms with E-state index >= 15 is 4.39 Å². The number of aromatic nitrogens is 3. The van der Waals surface area contributed by atoms with Crippen molar-refractivity contribution in [2.45, 2.75) is 71.8 Å². The first-order valence-electron chi connectivity index (χ1n) is 14.5. The van der Waals surface area contributed by atoms with Gasteiger partial charge in [-0.3, -0.25) is 14.6 Å². The summed E-state index contributed by atoms with van der Waals surface area (Å²) in [4.78, 5) is 30.5. The number of rotatable bonds is 10. The molecule has 2 atom stereocenters. The average molecular weight is 656 g/mol. The van der Waals surface area contributed by atoms with Gasteiger partial charge in [0.2, 0.25) is 5.82 Å². The molecule has 9 nitrogen and oxygen atoms in total. The van der Waals surface area contributed by atoms with Gasteiger partial charge in [-0.25, -0.2) is 19.3 Å². The van der Waals surface area contributed by atoms with Crippen molar-refractivity contribution < 1.29 is 31.9 Å². The van der Waals surface area contributed by atoms with Crippen LogP contribution in [0.4, 0.5) is 38.7 Å². The molecule has 0 bridgehead atoms. The Hall–Kier alpha value is -3.43. The van der Waals surface area contributed by atoms with Crippen LogP contribution in [0.2, 0.25) is 0 Å². The molecule has 45 heavy (non-hydrogen) atoms. The van der Waals surface area contributed by atoms with Gasteiger partial charge < -0.3 is 15.3 Å². The molecule has 246 valence electrons. The van der Waals surface area contributed by atoms with Crippen molar-refractivity contribution in [2.75, 3.05) is 42.9 Å². The van der Waals surface area contributed by atoms with Crippen LogP contribution in [0.15, 0.2) is 24.5 Å². The number of hydrogen-bond donors (Lipinski definition) is 2. The normalized spacial score (nSPS) is 19.5. The molecule has 0 amide bonds. The highest BCUT2D eigenvalue weighted by molar-refractivity contribution is 7.16. The first kappa shape index (κ1) is 34.4. The fourth-order valence-electron chi connectivity index (χ4n) is 5.79. The van der Waals surface area contributed by atoms with E-state index in [0.29, 0.717) is 50.1 Å². The number of carbonyl (C=O) groups is 1. The number of nitrogens with one attached hydrogen (secondary N) is 1. The van der Waals surface area contributed by atoms with Crippen LogP contribution in [-0.2, 0) is 17.5 Å². The summed E-state index contributed by atoms with van der Waals surface area (Å²) in [5, 5.41) is 12.1. The molecule has 2 saturated heterocycles. The topological polar surface area (TPSA) is 97.7 Å². The molecular weight excluding hydrogens is 617 g/mol. The van der Waals surface area contributed by atoms with Crippen LogP contribution in [0.25, 0.3) is 11.3 Å². The van der Waals surface area contributed by atoms with Gasteiger partial charge in [-0.05, 0) is 50.9 Å². The second-order valence-corrected chi connectivity index (χ2v) is 12.2. The first-order chi connectivity index (χ1) is 20.9. The van der Waals surface area contributed by atoms with Gasteiger partial charge in [0.15, 0.2) is 16.8 Å². The van der Waals surface area contributed by atoms with Crippen molar-refractivity contribution >= 4 is 34.1 Å². The molecule has 2 fully saturated rings. The van der Waals surface area contributed by atoms with E-state index in [1.54, 1.807) is 0 Å². The molecule has 5 rings (SSSR count). The maximum absolute atomic E-state index is 15.9. The molecule has 2 N–H and O–H groups in total. The van der Waals surface area contributed by atoms with Gasteiger partial charge in [0.1, 0.15) is 12.1 Å². The standard InChI is InChI=1S/C29H34F5N7O2S.CH4/c1-3-21-14-39(8-6-23(42)43)9-10-41(21)27-24(31)26(35-16-36-27)38-28-37-25(22(44-28)15-40-7-4-5-17(40)2)18-11-19(29(32,33)34)13-20(30)12-18;/h11-13,16-17,21H,3-10,14-15H2,1-2H3,(H,42,43)(H,35,36,37,38);1H4/t17-,21-;/m1./s1. The van der Waals surface area contributed by atoms with Gasteiger partial charge in [-0.15, -0.1) is 0 Å². The number of anilines is 3. The Bertz CT molecular complexity index is 1490. The summed E-state index contributed by atoms with van der Waals surface area (Å²) in [5.74, 6) is -2.66. The van der Waals surface area contributed by atoms with Gasteiger partial charge >= 0.3 is 12.1 Å². The molecule has 2 aliphatic heterocycles. The summed E-state index contributed by atoms with van der Waals surface area (Å²) >= 11 is 1.16. The third kappa shape index (κ3) is 8.05. The Morgan fingerprint density at radius 2 is 1.93 bits per heavy atom. The number of piperazine rings is 1. The molecule has 2 aliphatic rings. The number of carboxylic acids is 1. The second kappa shape index (κ2) is 14.3. The van der Waals surface area contributed by atoms with Crippen molar-refractivity contribution in [1.82, 2.24) is 24.8 Å². The SMILES string of the molecule is C.CC[C@@H]1CN(CCC(=O)O)CCN1c1ncnc(Nc2nc(-c3cc(F)cc(C(F)(F)F)c3)c(CN3CCC[C@H]3C)s2)c1F. The van der Waals surface area contributed by atoms with Crippen LogP contribution < -0.4 is 10.2 Å². The summed E-state index contributed by atoms with van der Waals surface area (Å²) in [6.07, 6.45) is -0.839. The molecule has 2 aromatic heterocycles. The molecule has 15 heteroatoms. The minimum Gasteiger partial charge on any atom is -0.481 e. The lowest BCUT2D eigenvalue weighted by atomic mass is 10.1. The number of thiazole rings is 1. The van der Waals surface area contributed by atoms with E-state index in [1.807, 2.05) is 16.7 Å². The fourth-order valence-corrected chi connectivity index (χ4v) is 6.80. The van der Waals surface area contributed by atoms with Crippen LogP contribution >= 0.6 is 11.3 Å². The van der Waals surface area contributed by atoms with Gasteiger partial charge in [-0.2, -0.15) is 17.6 Å². The Morgan fingerprint density at radius 3 is 2.60 bits per heavy atom. The van der Waals surface area contributed by atoms with Gasteiger partial charge in [0, 0.05) is 55.2 Å². The zero-order valence-electron chi connectivity index (χ0n) is 24.4. The molecule has 0 saturated carbocycles. The summed E-state index contributed by atoms with van der Waals surface area (Å²) in [6.45, 7) is 7.18. The fraction of sp³-hybridized carbons (Fsp3) is 0.533. The quantitative estimate of drug-likeness (QED) is 0.233. The summed E-state index contributed by atoms with van der Waals surface area (Å²) in [6, 6.07) is 2.51. The monoisotopic (exact) mass is 655 g/mol. The van der Waals surface area contributed by atoms with E-state index in [2.05, 4.69) is 32.1 Å². The molecule has 0 radical (unpaired) electrons. The maximum atomic E-state index is 15.9. The van der Waals surface area contributed by atoms with Gasteiger partial charge in [0.05, 0.1) is 17.7 Å². The van der Waals surface area contributed by atoms with Crippen LogP contribution in [0.3, 0.4) is 0 Å². The van der Waals surface area contributed by atoms with Crippen LogP contribution in [0.1, 0.15) is 57.4 Å². The smallest absolute Gasteiger partial charge is 0.416 e. The van der Waals surface area contributed by atoms with Gasteiger partial charge in [0.25, 0.3) is 0 Å². The molecular formula is C30H38F5N7O2S. The van der Waals surface area contributed by atoms with Crippen molar-refractivity contribution in [3.63, 3.8) is 0 Å².